The van der Waals surface area contributed by atoms with Crippen molar-refractivity contribution in [1.82, 2.24) is 0 Å². The third-order valence-electron chi connectivity index (χ3n) is 16.4. The predicted molar refractivity (Wildman–Crippen MR) is 168 cm³/mol. The van der Waals surface area contributed by atoms with Gasteiger partial charge in [0.15, 0.2) is 12.4 Å². The Kier molecular flexibility index (Phi) is 7.03. The summed E-state index contributed by atoms with van der Waals surface area (Å²) in [6.07, 6.45) is 2.36. The van der Waals surface area contributed by atoms with Crippen molar-refractivity contribution in [2.45, 2.75) is 167 Å². The van der Waals surface area contributed by atoms with Crippen molar-refractivity contribution in [2.75, 3.05) is 6.61 Å². The van der Waals surface area contributed by atoms with Crippen LogP contribution in [0.1, 0.15) is 107 Å². The van der Waals surface area contributed by atoms with E-state index in [1.54, 1.807) is 0 Å². The Morgan fingerprint density at radius 3 is 2.26 bits per heavy atom. The number of hydrogen-bond acceptors (Lipinski definition) is 10. The van der Waals surface area contributed by atoms with Gasteiger partial charge in [-0.3, -0.25) is 4.79 Å². The Balaban J connectivity index is 1.03. The minimum atomic E-state index is -1.69. The monoisotopic (exact) mass is 662 g/mol. The first-order valence-electron chi connectivity index (χ1n) is 18.4. The molecule has 8 aliphatic rings. The Hall–Kier alpha value is -0.850. The second-order valence-corrected chi connectivity index (χ2v) is 18.9. The van der Waals surface area contributed by atoms with Crippen molar-refractivity contribution < 1.29 is 48.9 Å². The minimum absolute atomic E-state index is 0.0410. The number of hydrogen-bond donors (Lipinski definition) is 4. The largest absolute Gasteiger partial charge is 0.457 e. The third kappa shape index (κ3) is 3.99. The first-order chi connectivity index (χ1) is 21.8. The van der Waals surface area contributed by atoms with Gasteiger partial charge in [-0.2, -0.15) is 0 Å². The molecule has 4 N–H and O–H groups in total. The van der Waals surface area contributed by atoms with E-state index in [1.165, 1.54) is 19.8 Å². The van der Waals surface area contributed by atoms with Crippen LogP contribution in [0, 0.1) is 50.7 Å². The normalized spacial score (nSPS) is 59.8. The standard InChI is InChI=1S/C37H58O10/c1-18-25-21(46-37(42)28(18)47-32(5,6)30(37)41)15-34(8)23-10-9-22-31(3,4)24(11-12-35(22)17-36(23,35)14-13-33(25,34)7)45-29-26(40)27(44-19(2)38)20(39)16-43-29/h18,20-30,39-42H,9-17H2,1-8H3/t18-,20+,21-,22-,23-,24-,25-,26+,27-,28+,29-,30+,33+,34-,35+,36-,37-/m0/s1. The van der Waals surface area contributed by atoms with Crippen LogP contribution in [0.5, 0.6) is 0 Å². The molecule has 0 bridgehead atoms. The van der Waals surface area contributed by atoms with E-state index in [1.807, 2.05) is 13.8 Å². The highest BCUT2D eigenvalue weighted by Crippen LogP contribution is 2.89. The zero-order valence-electron chi connectivity index (χ0n) is 29.5. The molecule has 0 aromatic rings. The molecule has 0 amide bonds. The first kappa shape index (κ1) is 33.3. The van der Waals surface area contributed by atoms with E-state index in [0.29, 0.717) is 11.8 Å². The van der Waals surface area contributed by atoms with Gasteiger partial charge in [0.05, 0.1) is 24.4 Å². The van der Waals surface area contributed by atoms with Crippen molar-refractivity contribution in [2.24, 2.45) is 50.7 Å². The smallest absolute Gasteiger partial charge is 0.303 e. The third-order valence-corrected chi connectivity index (χ3v) is 16.4. The molecule has 0 unspecified atom stereocenters. The summed E-state index contributed by atoms with van der Waals surface area (Å²) in [7, 11) is 0. The zero-order chi connectivity index (χ0) is 33.9. The molecule has 8 rings (SSSR count). The van der Waals surface area contributed by atoms with Gasteiger partial charge in [0.2, 0.25) is 5.79 Å². The summed E-state index contributed by atoms with van der Waals surface area (Å²) in [5, 5.41) is 44.3. The average Bonchev–Trinajstić information content (AvgIpc) is 3.53. The Morgan fingerprint density at radius 1 is 0.872 bits per heavy atom. The van der Waals surface area contributed by atoms with Crippen LogP contribution in [-0.4, -0.2) is 93.4 Å². The molecule has 3 saturated heterocycles. The van der Waals surface area contributed by atoms with Crippen LogP contribution >= 0.6 is 0 Å². The van der Waals surface area contributed by atoms with Gasteiger partial charge in [-0.1, -0.05) is 34.6 Å². The Morgan fingerprint density at radius 2 is 1.55 bits per heavy atom. The van der Waals surface area contributed by atoms with E-state index in [2.05, 4.69) is 34.6 Å². The van der Waals surface area contributed by atoms with Crippen molar-refractivity contribution >= 4 is 5.97 Å². The molecule has 8 fully saturated rings. The van der Waals surface area contributed by atoms with Gasteiger partial charge in [0.25, 0.3) is 0 Å². The molecule has 5 saturated carbocycles. The van der Waals surface area contributed by atoms with E-state index in [4.69, 9.17) is 23.7 Å². The first-order valence-corrected chi connectivity index (χ1v) is 18.4. The maximum atomic E-state index is 11.8. The van der Waals surface area contributed by atoms with Crippen LogP contribution < -0.4 is 0 Å². The lowest BCUT2D eigenvalue weighted by atomic mass is 9.41. The van der Waals surface area contributed by atoms with Gasteiger partial charge in [0.1, 0.15) is 24.4 Å². The van der Waals surface area contributed by atoms with Crippen LogP contribution in [-0.2, 0) is 28.5 Å². The van der Waals surface area contributed by atoms with Gasteiger partial charge in [-0.05, 0) is 116 Å². The van der Waals surface area contributed by atoms with E-state index in [0.717, 1.165) is 38.5 Å². The topological polar surface area (TPSA) is 144 Å². The van der Waals surface area contributed by atoms with E-state index in [9.17, 15) is 25.2 Å². The fourth-order valence-corrected chi connectivity index (χ4v) is 14.3. The van der Waals surface area contributed by atoms with E-state index >= 15 is 0 Å². The Labute approximate surface area is 279 Å². The van der Waals surface area contributed by atoms with Gasteiger partial charge in [-0.15, -0.1) is 0 Å². The summed E-state index contributed by atoms with van der Waals surface area (Å²) in [5.74, 6) is -0.900. The van der Waals surface area contributed by atoms with Crippen LogP contribution in [0.3, 0.4) is 0 Å². The van der Waals surface area contributed by atoms with Crippen molar-refractivity contribution in [3.05, 3.63) is 0 Å². The summed E-state index contributed by atoms with van der Waals surface area (Å²) in [6, 6.07) is 0. The highest BCUT2D eigenvalue weighted by molar-refractivity contribution is 5.66. The number of carbonyl (C=O) groups is 1. The molecular weight excluding hydrogens is 604 g/mol. The number of aliphatic hydroxyl groups is 4. The maximum Gasteiger partial charge on any atom is 0.303 e. The number of esters is 1. The van der Waals surface area contributed by atoms with E-state index in [-0.39, 0.29) is 57.7 Å². The van der Waals surface area contributed by atoms with Crippen LogP contribution in [0.25, 0.3) is 0 Å². The molecule has 266 valence electrons. The molecule has 3 aliphatic heterocycles. The van der Waals surface area contributed by atoms with Crippen LogP contribution in [0.4, 0.5) is 0 Å². The Bertz CT molecular complexity index is 1320. The molecule has 0 aromatic heterocycles. The molecule has 3 heterocycles. The predicted octanol–water partition coefficient (Wildman–Crippen LogP) is 3.69. The molecule has 10 nitrogen and oxygen atoms in total. The average molecular weight is 663 g/mol. The lowest BCUT2D eigenvalue weighted by Crippen LogP contribution is -2.63. The molecule has 2 spiro atoms. The molecule has 17 atom stereocenters. The zero-order valence-corrected chi connectivity index (χ0v) is 29.5. The summed E-state index contributed by atoms with van der Waals surface area (Å²) in [5.41, 5.74) is -0.410. The molecule has 10 heteroatoms. The minimum Gasteiger partial charge on any atom is -0.457 e. The second kappa shape index (κ2) is 9.93. The summed E-state index contributed by atoms with van der Waals surface area (Å²) >= 11 is 0. The van der Waals surface area contributed by atoms with Gasteiger partial charge >= 0.3 is 5.97 Å². The van der Waals surface area contributed by atoms with Crippen LogP contribution in [0.2, 0.25) is 0 Å². The molecule has 5 aliphatic carbocycles. The fraction of sp³-hybridized carbons (Fsp3) is 0.973. The molecule has 0 aromatic carbocycles. The number of rotatable bonds is 3. The summed E-state index contributed by atoms with van der Waals surface area (Å²) in [4.78, 5) is 11.7. The van der Waals surface area contributed by atoms with Gasteiger partial charge in [0, 0.05) is 6.92 Å². The fourth-order valence-electron chi connectivity index (χ4n) is 14.3. The SMILES string of the molecule is CC(=O)O[C@@H]1[C@@H](O)[C@H](O[C@H]2CC[C@]34C[C@]35CC[C@]3(C)[C@H]6[C@H](C)[C@H]7OC(C)(C)[C@@H](O)[C@@]7(O)O[C@H]6C[C@@]3(C)[C@@H]5CC[C@H]4C2(C)C)OC[C@H]1O. The quantitative estimate of drug-likeness (QED) is 0.261. The summed E-state index contributed by atoms with van der Waals surface area (Å²) in [6.45, 7) is 16.8. The lowest BCUT2D eigenvalue weighted by molar-refractivity contribution is -0.327. The number of ether oxygens (including phenoxy) is 5. The van der Waals surface area contributed by atoms with Gasteiger partial charge < -0.3 is 44.1 Å². The summed E-state index contributed by atoms with van der Waals surface area (Å²) < 4.78 is 30.6. The molecule has 0 radical (unpaired) electrons. The van der Waals surface area contributed by atoms with E-state index < -0.39 is 54.2 Å². The molecule has 47 heavy (non-hydrogen) atoms. The van der Waals surface area contributed by atoms with Gasteiger partial charge in [-0.25, -0.2) is 0 Å². The number of aliphatic hydroxyl groups excluding tert-OH is 3. The van der Waals surface area contributed by atoms with Crippen molar-refractivity contribution in [1.29, 1.82) is 0 Å². The lowest BCUT2D eigenvalue weighted by Gasteiger charge is -2.63. The van der Waals surface area contributed by atoms with Crippen molar-refractivity contribution in [3.63, 3.8) is 0 Å². The second-order valence-electron chi connectivity index (χ2n) is 18.9. The number of fused-ring (bicyclic) bond motifs is 5. The number of carbonyl (C=O) groups excluding carboxylic acids is 1. The highest BCUT2D eigenvalue weighted by Gasteiger charge is 2.84. The van der Waals surface area contributed by atoms with Crippen LogP contribution in [0.15, 0.2) is 0 Å². The maximum absolute atomic E-state index is 11.8. The molecular formula is C37H58O10. The highest BCUT2D eigenvalue weighted by atomic mass is 16.7. The van der Waals surface area contributed by atoms with Crippen molar-refractivity contribution in [3.8, 4) is 0 Å².